The summed E-state index contributed by atoms with van der Waals surface area (Å²) in [5, 5.41) is 22.4. The summed E-state index contributed by atoms with van der Waals surface area (Å²) in [4.78, 5) is 27.2. The highest BCUT2D eigenvalue weighted by Crippen LogP contribution is 2.35. The van der Waals surface area contributed by atoms with E-state index in [0.717, 1.165) is 69.3 Å². The van der Waals surface area contributed by atoms with Crippen LogP contribution in [0.1, 0.15) is 62.5 Å². The van der Waals surface area contributed by atoms with Gasteiger partial charge in [-0.15, -0.1) is 0 Å². The second-order valence-corrected chi connectivity index (χ2v) is 8.26. The number of carbonyl (C=O) groups excluding carboxylic acids is 1. The summed E-state index contributed by atoms with van der Waals surface area (Å²) in [6.45, 7) is 2.86. The summed E-state index contributed by atoms with van der Waals surface area (Å²) in [5.74, 6) is -1.34. The molecule has 3 rings (SSSR count). The third-order valence-corrected chi connectivity index (χ3v) is 6.31. The van der Waals surface area contributed by atoms with E-state index < -0.39 is 11.4 Å². The lowest BCUT2D eigenvalue weighted by molar-refractivity contribution is -0.157. The fourth-order valence-corrected chi connectivity index (χ4v) is 4.42. The van der Waals surface area contributed by atoms with Gasteiger partial charge in [0.2, 0.25) is 5.91 Å². The van der Waals surface area contributed by atoms with Crippen LogP contribution in [-0.4, -0.2) is 46.2 Å². The number of amides is 1. The molecule has 0 spiro atoms. The quantitative estimate of drug-likeness (QED) is 0.515. The Morgan fingerprint density at radius 2 is 1.64 bits per heavy atom. The van der Waals surface area contributed by atoms with Crippen LogP contribution in [0.4, 0.5) is 0 Å². The van der Waals surface area contributed by atoms with Crippen LogP contribution >= 0.6 is 0 Å². The van der Waals surface area contributed by atoms with Gasteiger partial charge >= 0.3 is 5.97 Å². The number of carbonyl (C=O) groups is 2. The maximum atomic E-state index is 12.9. The van der Waals surface area contributed by atoms with E-state index in [4.69, 9.17) is 0 Å². The fourth-order valence-electron chi connectivity index (χ4n) is 4.42. The molecule has 6 heteroatoms. The van der Waals surface area contributed by atoms with Crippen LogP contribution in [0.5, 0.6) is 0 Å². The predicted octanol–water partition coefficient (Wildman–Crippen LogP) is 2.68. The zero-order chi connectivity index (χ0) is 20.0. The van der Waals surface area contributed by atoms with E-state index in [1.54, 1.807) is 0 Å². The van der Waals surface area contributed by atoms with E-state index in [1.807, 2.05) is 18.2 Å². The summed E-state index contributed by atoms with van der Waals surface area (Å²) < 4.78 is 0. The van der Waals surface area contributed by atoms with Crippen LogP contribution in [0.3, 0.4) is 0 Å². The average molecular weight is 389 g/mol. The fraction of sp³-hybridized carbons (Fsp3) is 0.636. The molecule has 1 aromatic rings. The minimum atomic E-state index is -1.28. The number of benzene rings is 1. The van der Waals surface area contributed by atoms with Gasteiger partial charge in [0.25, 0.3) is 0 Å². The molecule has 3 N–H and O–H groups in total. The zero-order valence-corrected chi connectivity index (χ0v) is 16.5. The molecule has 0 atom stereocenters. The Kier molecular flexibility index (Phi) is 7.08. The highest BCUT2D eigenvalue weighted by atomic mass is 16.4. The van der Waals surface area contributed by atoms with Crippen molar-refractivity contribution in [1.82, 2.24) is 10.2 Å². The van der Waals surface area contributed by atoms with Gasteiger partial charge in [-0.2, -0.15) is 0 Å². The number of carboxylic acid groups (broad SMARTS) is 1. The van der Waals surface area contributed by atoms with Crippen molar-refractivity contribution in [3.05, 3.63) is 35.4 Å². The van der Waals surface area contributed by atoms with Gasteiger partial charge in [-0.3, -0.25) is 14.5 Å². The van der Waals surface area contributed by atoms with E-state index >= 15 is 0 Å². The van der Waals surface area contributed by atoms with Crippen molar-refractivity contribution in [2.24, 2.45) is 5.41 Å². The summed E-state index contributed by atoms with van der Waals surface area (Å²) in [6, 6.07) is 7.99. The summed E-state index contributed by atoms with van der Waals surface area (Å²) in [6.07, 6.45) is 5.80. The van der Waals surface area contributed by atoms with E-state index in [0.29, 0.717) is 19.4 Å². The van der Waals surface area contributed by atoms with Gasteiger partial charge in [-0.05, 0) is 36.8 Å². The zero-order valence-electron chi connectivity index (χ0n) is 16.5. The van der Waals surface area contributed by atoms with Gasteiger partial charge in [0, 0.05) is 26.2 Å². The molecule has 0 unspecified atom stereocenters. The number of likely N-dealkylation sites (tertiary alicyclic amines) is 1. The summed E-state index contributed by atoms with van der Waals surface area (Å²) >= 11 is 0. The standard InChI is InChI=1S/C22H32N2O4/c25-19-9-13-24(14-10-19)16-18-8-4-3-7-17(18)15-23-20(26)22(21(27)28)11-5-1-2-6-12-22/h3-4,7-8,19,25H,1-2,5-6,9-16H2,(H,23,26)(H,27,28). The molecule has 1 saturated carbocycles. The maximum Gasteiger partial charge on any atom is 0.319 e. The monoisotopic (exact) mass is 388 g/mol. The van der Waals surface area contributed by atoms with Crippen molar-refractivity contribution in [1.29, 1.82) is 0 Å². The number of rotatable bonds is 6. The van der Waals surface area contributed by atoms with Crippen LogP contribution in [0.2, 0.25) is 0 Å². The number of piperidine rings is 1. The van der Waals surface area contributed by atoms with Crippen LogP contribution in [0, 0.1) is 5.41 Å². The molecule has 2 fully saturated rings. The van der Waals surface area contributed by atoms with Gasteiger partial charge in [0.15, 0.2) is 0 Å². The number of nitrogens with zero attached hydrogens (tertiary/aromatic N) is 1. The molecule has 28 heavy (non-hydrogen) atoms. The number of hydrogen-bond acceptors (Lipinski definition) is 4. The van der Waals surface area contributed by atoms with E-state index in [-0.39, 0.29) is 12.0 Å². The lowest BCUT2D eigenvalue weighted by Gasteiger charge is -2.30. The topological polar surface area (TPSA) is 89.9 Å². The van der Waals surface area contributed by atoms with Gasteiger partial charge in [-0.1, -0.05) is 49.9 Å². The van der Waals surface area contributed by atoms with Gasteiger partial charge in [0.05, 0.1) is 6.10 Å². The van der Waals surface area contributed by atoms with Gasteiger partial charge < -0.3 is 15.5 Å². The molecule has 1 aliphatic carbocycles. The molecule has 1 saturated heterocycles. The molecule has 2 aliphatic rings. The van der Waals surface area contributed by atoms with Crippen molar-refractivity contribution in [3.8, 4) is 0 Å². The number of hydrogen-bond donors (Lipinski definition) is 3. The minimum absolute atomic E-state index is 0.197. The number of nitrogens with one attached hydrogen (secondary N) is 1. The Balaban J connectivity index is 1.65. The van der Waals surface area contributed by atoms with Crippen LogP contribution in [0.15, 0.2) is 24.3 Å². The van der Waals surface area contributed by atoms with Crippen molar-refractivity contribution in [2.45, 2.75) is 70.6 Å². The third kappa shape index (κ3) is 4.92. The van der Waals surface area contributed by atoms with Crippen molar-refractivity contribution < 1.29 is 19.8 Å². The van der Waals surface area contributed by atoms with Gasteiger partial charge in [0.1, 0.15) is 5.41 Å². The highest BCUT2D eigenvalue weighted by Gasteiger charge is 2.45. The number of carboxylic acids is 1. The van der Waals surface area contributed by atoms with Crippen LogP contribution < -0.4 is 5.32 Å². The Morgan fingerprint density at radius 3 is 2.25 bits per heavy atom. The molecule has 1 amide bonds. The number of aliphatic carboxylic acids is 1. The number of aliphatic hydroxyl groups excluding tert-OH is 1. The molecule has 0 radical (unpaired) electrons. The number of aliphatic hydroxyl groups is 1. The summed E-state index contributed by atoms with van der Waals surface area (Å²) in [5.41, 5.74) is 0.884. The first kappa shape index (κ1) is 20.8. The molecule has 1 aliphatic heterocycles. The largest absolute Gasteiger partial charge is 0.480 e. The van der Waals surface area contributed by atoms with Crippen molar-refractivity contribution >= 4 is 11.9 Å². The smallest absolute Gasteiger partial charge is 0.319 e. The Hall–Kier alpha value is -1.92. The molecule has 1 aromatic carbocycles. The minimum Gasteiger partial charge on any atom is -0.480 e. The Labute approximate surface area is 166 Å². The average Bonchev–Trinajstić information content (AvgIpc) is 2.96. The van der Waals surface area contributed by atoms with Crippen LogP contribution in [-0.2, 0) is 22.7 Å². The first-order valence-electron chi connectivity index (χ1n) is 10.5. The molecular formula is C22H32N2O4. The molecule has 154 valence electrons. The lowest BCUT2D eigenvalue weighted by atomic mass is 9.79. The van der Waals surface area contributed by atoms with Gasteiger partial charge in [-0.25, -0.2) is 0 Å². The highest BCUT2D eigenvalue weighted by molar-refractivity contribution is 6.01. The molecule has 0 aromatic heterocycles. The first-order valence-corrected chi connectivity index (χ1v) is 10.5. The second-order valence-electron chi connectivity index (χ2n) is 8.26. The third-order valence-electron chi connectivity index (χ3n) is 6.31. The van der Waals surface area contributed by atoms with E-state index in [2.05, 4.69) is 16.3 Å². The molecule has 0 bridgehead atoms. The van der Waals surface area contributed by atoms with E-state index in [1.165, 1.54) is 0 Å². The first-order chi connectivity index (χ1) is 13.5. The SMILES string of the molecule is O=C(O)C1(C(=O)NCc2ccccc2CN2CCC(O)CC2)CCCCCC1. The Morgan fingerprint density at radius 1 is 1.04 bits per heavy atom. The summed E-state index contributed by atoms with van der Waals surface area (Å²) in [7, 11) is 0. The normalized spacial score (nSPS) is 21.0. The van der Waals surface area contributed by atoms with Crippen LogP contribution in [0.25, 0.3) is 0 Å². The Bertz CT molecular complexity index is 675. The van der Waals surface area contributed by atoms with Crippen molar-refractivity contribution in [2.75, 3.05) is 13.1 Å². The molecule has 1 heterocycles. The molecular weight excluding hydrogens is 356 g/mol. The van der Waals surface area contributed by atoms with Crippen molar-refractivity contribution in [3.63, 3.8) is 0 Å². The second kappa shape index (κ2) is 9.52. The molecule has 6 nitrogen and oxygen atoms in total. The van der Waals surface area contributed by atoms with E-state index in [9.17, 15) is 19.8 Å². The predicted molar refractivity (Wildman–Crippen MR) is 107 cm³/mol. The lowest BCUT2D eigenvalue weighted by Crippen LogP contribution is -2.46. The maximum absolute atomic E-state index is 12.9.